The van der Waals surface area contributed by atoms with Crippen LogP contribution in [0.4, 0.5) is 5.82 Å². The molecule has 0 aromatic carbocycles. The van der Waals surface area contributed by atoms with Gasteiger partial charge in [0.25, 0.3) is 0 Å². The van der Waals surface area contributed by atoms with Crippen molar-refractivity contribution < 1.29 is 0 Å². The van der Waals surface area contributed by atoms with E-state index in [0.29, 0.717) is 0 Å². The van der Waals surface area contributed by atoms with Crippen LogP contribution in [0.3, 0.4) is 0 Å². The molecule has 1 aliphatic heterocycles. The number of hydrogen-bond acceptors (Lipinski definition) is 5. The first kappa shape index (κ1) is 14.2. The van der Waals surface area contributed by atoms with Crippen molar-refractivity contribution in [3.05, 3.63) is 18.1 Å². The highest BCUT2D eigenvalue weighted by Crippen LogP contribution is 2.09. The minimum absolute atomic E-state index is 0.793. The summed E-state index contributed by atoms with van der Waals surface area (Å²) >= 11 is 0. The molecule has 0 saturated carbocycles. The van der Waals surface area contributed by atoms with Crippen molar-refractivity contribution in [2.45, 2.75) is 26.3 Å². The molecule has 19 heavy (non-hydrogen) atoms. The van der Waals surface area contributed by atoms with E-state index >= 15 is 0 Å². The summed E-state index contributed by atoms with van der Waals surface area (Å²) in [6.45, 7) is 8.48. The molecule has 2 heterocycles. The summed E-state index contributed by atoms with van der Waals surface area (Å²) in [5.41, 5.74) is 0.999. The summed E-state index contributed by atoms with van der Waals surface area (Å²) in [5.74, 6) is 0.958. The zero-order chi connectivity index (χ0) is 13.5. The van der Waals surface area contributed by atoms with Gasteiger partial charge in [-0.05, 0) is 32.5 Å². The van der Waals surface area contributed by atoms with Crippen molar-refractivity contribution in [1.29, 1.82) is 0 Å². The third-order valence-corrected chi connectivity index (χ3v) is 3.59. The van der Waals surface area contributed by atoms with E-state index in [1.54, 1.807) is 0 Å². The number of anilines is 1. The normalized spacial score (nSPS) is 15.9. The van der Waals surface area contributed by atoms with E-state index < -0.39 is 0 Å². The molecule has 1 aromatic heterocycles. The van der Waals surface area contributed by atoms with Crippen LogP contribution in [0.15, 0.2) is 12.4 Å². The number of nitrogens with one attached hydrogen (secondary N) is 1. The van der Waals surface area contributed by atoms with Crippen LogP contribution < -0.4 is 10.2 Å². The van der Waals surface area contributed by atoms with Crippen molar-refractivity contribution in [3.8, 4) is 0 Å². The van der Waals surface area contributed by atoms with Gasteiger partial charge in [-0.1, -0.05) is 6.92 Å². The smallest absolute Gasteiger partial charge is 0.146 e. The SMILES string of the molecule is CCNCc1cnc(N(C)CCN2CCCC2)cn1. The molecule has 0 unspecified atom stereocenters. The lowest BCUT2D eigenvalue weighted by Gasteiger charge is -2.22. The Morgan fingerprint density at radius 3 is 2.68 bits per heavy atom. The van der Waals surface area contributed by atoms with E-state index in [1.165, 1.54) is 25.9 Å². The first-order valence-corrected chi connectivity index (χ1v) is 7.24. The molecule has 5 nitrogen and oxygen atoms in total. The number of nitrogens with zero attached hydrogens (tertiary/aromatic N) is 4. The maximum absolute atomic E-state index is 4.48. The van der Waals surface area contributed by atoms with Crippen molar-refractivity contribution in [2.24, 2.45) is 0 Å². The van der Waals surface area contributed by atoms with Gasteiger partial charge in [-0.15, -0.1) is 0 Å². The Kier molecular flexibility index (Phi) is 5.54. The van der Waals surface area contributed by atoms with Crippen LogP contribution in [0, 0.1) is 0 Å². The van der Waals surface area contributed by atoms with Crippen molar-refractivity contribution in [2.75, 3.05) is 44.7 Å². The van der Waals surface area contributed by atoms with E-state index in [-0.39, 0.29) is 0 Å². The second-order valence-corrected chi connectivity index (χ2v) is 5.12. The first-order chi connectivity index (χ1) is 9.29. The summed E-state index contributed by atoms with van der Waals surface area (Å²) in [4.78, 5) is 13.6. The molecule has 1 fully saturated rings. The molecule has 2 rings (SSSR count). The van der Waals surface area contributed by atoms with E-state index in [2.05, 4.69) is 39.1 Å². The first-order valence-electron chi connectivity index (χ1n) is 7.24. The Labute approximate surface area is 116 Å². The van der Waals surface area contributed by atoms with Gasteiger partial charge in [0.05, 0.1) is 18.1 Å². The van der Waals surface area contributed by atoms with E-state index in [1.807, 2.05) is 12.4 Å². The van der Waals surface area contributed by atoms with Gasteiger partial charge < -0.3 is 15.1 Å². The topological polar surface area (TPSA) is 44.3 Å². The maximum Gasteiger partial charge on any atom is 0.146 e. The van der Waals surface area contributed by atoms with Gasteiger partial charge in [0.15, 0.2) is 0 Å². The fraction of sp³-hybridized carbons (Fsp3) is 0.714. The summed E-state index contributed by atoms with van der Waals surface area (Å²) in [7, 11) is 2.09. The minimum atomic E-state index is 0.793. The van der Waals surface area contributed by atoms with Gasteiger partial charge in [0.1, 0.15) is 5.82 Å². The molecule has 0 bridgehead atoms. The lowest BCUT2D eigenvalue weighted by Crippen LogP contribution is -2.31. The average Bonchev–Trinajstić information content (AvgIpc) is 2.96. The Hall–Kier alpha value is -1.20. The molecule has 1 N–H and O–H groups in total. The number of hydrogen-bond donors (Lipinski definition) is 1. The van der Waals surface area contributed by atoms with Gasteiger partial charge in [-0.25, -0.2) is 4.98 Å². The monoisotopic (exact) mass is 263 g/mol. The Morgan fingerprint density at radius 2 is 2.05 bits per heavy atom. The lowest BCUT2D eigenvalue weighted by atomic mass is 10.4. The molecule has 0 aliphatic carbocycles. The quantitative estimate of drug-likeness (QED) is 0.798. The largest absolute Gasteiger partial charge is 0.357 e. The summed E-state index contributed by atoms with van der Waals surface area (Å²) in [6.07, 6.45) is 6.44. The predicted octanol–water partition coefficient (Wildman–Crippen LogP) is 1.12. The molecule has 0 atom stereocenters. The fourth-order valence-electron chi connectivity index (χ4n) is 2.30. The molecule has 0 spiro atoms. The Balaban J connectivity index is 1.79. The van der Waals surface area contributed by atoms with Gasteiger partial charge in [0.2, 0.25) is 0 Å². The third-order valence-electron chi connectivity index (χ3n) is 3.59. The number of aromatic nitrogens is 2. The molecule has 0 amide bonds. The van der Waals surface area contributed by atoms with Gasteiger partial charge >= 0.3 is 0 Å². The van der Waals surface area contributed by atoms with E-state index in [9.17, 15) is 0 Å². The summed E-state index contributed by atoms with van der Waals surface area (Å²) in [6, 6.07) is 0. The average molecular weight is 263 g/mol. The molecule has 0 radical (unpaired) electrons. The number of likely N-dealkylation sites (N-methyl/N-ethyl adjacent to an activating group) is 1. The summed E-state index contributed by atoms with van der Waals surface area (Å²) in [5, 5.41) is 3.25. The Morgan fingerprint density at radius 1 is 1.26 bits per heavy atom. The van der Waals surface area contributed by atoms with Gasteiger partial charge in [-0.3, -0.25) is 4.98 Å². The van der Waals surface area contributed by atoms with Crippen LogP contribution in [-0.2, 0) is 6.54 Å². The predicted molar refractivity (Wildman–Crippen MR) is 78.4 cm³/mol. The Bertz CT molecular complexity index is 359. The highest BCUT2D eigenvalue weighted by molar-refractivity contribution is 5.34. The van der Waals surface area contributed by atoms with Crippen LogP contribution >= 0.6 is 0 Å². The molecule has 5 heteroatoms. The molecular formula is C14H25N5. The van der Waals surface area contributed by atoms with Crippen LogP contribution in [0.25, 0.3) is 0 Å². The third kappa shape index (κ3) is 4.44. The van der Waals surface area contributed by atoms with Gasteiger partial charge in [-0.2, -0.15) is 0 Å². The highest BCUT2D eigenvalue weighted by Gasteiger charge is 2.12. The molecule has 106 valence electrons. The number of rotatable bonds is 7. The van der Waals surface area contributed by atoms with Crippen LogP contribution in [-0.4, -0.2) is 54.6 Å². The van der Waals surface area contributed by atoms with Crippen LogP contribution in [0.1, 0.15) is 25.5 Å². The second-order valence-electron chi connectivity index (χ2n) is 5.12. The van der Waals surface area contributed by atoms with Crippen molar-refractivity contribution in [1.82, 2.24) is 20.2 Å². The van der Waals surface area contributed by atoms with Crippen LogP contribution in [0.2, 0.25) is 0 Å². The molecule has 1 aliphatic rings. The van der Waals surface area contributed by atoms with Crippen molar-refractivity contribution in [3.63, 3.8) is 0 Å². The van der Waals surface area contributed by atoms with E-state index in [0.717, 1.165) is 37.7 Å². The second kappa shape index (κ2) is 7.40. The minimum Gasteiger partial charge on any atom is -0.357 e. The molecule has 1 saturated heterocycles. The standard InChI is InChI=1S/C14H25N5/c1-3-15-10-13-11-17-14(12-16-13)18(2)8-9-19-6-4-5-7-19/h11-12,15H,3-10H2,1-2H3. The zero-order valence-electron chi connectivity index (χ0n) is 12.1. The lowest BCUT2D eigenvalue weighted by molar-refractivity contribution is 0.346. The van der Waals surface area contributed by atoms with Crippen LogP contribution in [0.5, 0.6) is 0 Å². The van der Waals surface area contributed by atoms with E-state index in [4.69, 9.17) is 0 Å². The number of likely N-dealkylation sites (tertiary alicyclic amines) is 1. The molecule has 1 aromatic rings. The van der Waals surface area contributed by atoms with Crippen molar-refractivity contribution >= 4 is 5.82 Å². The zero-order valence-corrected chi connectivity index (χ0v) is 12.1. The van der Waals surface area contributed by atoms with Gasteiger partial charge in [0, 0.05) is 26.7 Å². The maximum atomic E-state index is 4.48. The highest BCUT2D eigenvalue weighted by atomic mass is 15.2. The fourth-order valence-corrected chi connectivity index (χ4v) is 2.30. The molecular weight excluding hydrogens is 238 g/mol. The summed E-state index contributed by atoms with van der Waals surface area (Å²) < 4.78 is 0.